The minimum atomic E-state index is -0.633. The van der Waals surface area contributed by atoms with Crippen LogP contribution in [0.3, 0.4) is 0 Å². The van der Waals surface area contributed by atoms with Gasteiger partial charge in [-0.15, -0.1) is 0 Å². The van der Waals surface area contributed by atoms with Gasteiger partial charge in [-0.05, 0) is 36.5 Å². The van der Waals surface area contributed by atoms with Gasteiger partial charge in [0.1, 0.15) is 17.9 Å². The zero-order chi connectivity index (χ0) is 18.3. The van der Waals surface area contributed by atoms with Crippen molar-refractivity contribution in [3.8, 4) is 0 Å². The summed E-state index contributed by atoms with van der Waals surface area (Å²) in [5.41, 5.74) is 1.34. The van der Waals surface area contributed by atoms with Crippen LogP contribution in [-0.4, -0.2) is 25.1 Å². The number of fused-ring (bicyclic) bond motifs is 1. The van der Waals surface area contributed by atoms with Crippen LogP contribution in [0, 0.1) is 5.82 Å². The van der Waals surface area contributed by atoms with Crippen molar-refractivity contribution in [3.05, 3.63) is 58.3 Å². The number of anilines is 1. The third-order valence-corrected chi connectivity index (χ3v) is 4.51. The normalized spacial score (nSPS) is 13.9. The number of nitrogens with one attached hydrogen (secondary N) is 1. The first-order valence-corrected chi connectivity index (χ1v) is 8.58. The number of hydrogen-bond acceptors (Lipinski definition) is 4. The highest BCUT2D eigenvalue weighted by Crippen LogP contribution is 2.40. The Kier molecular flexibility index (Phi) is 4.02. The van der Waals surface area contributed by atoms with Crippen molar-refractivity contribution in [2.45, 2.75) is 38.6 Å². The molecule has 3 heterocycles. The van der Waals surface area contributed by atoms with Crippen molar-refractivity contribution < 1.29 is 9.18 Å². The van der Waals surface area contributed by atoms with E-state index in [1.54, 1.807) is 0 Å². The van der Waals surface area contributed by atoms with E-state index in [1.807, 2.05) is 23.6 Å². The van der Waals surface area contributed by atoms with E-state index in [4.69, 9.17) is 0 Å². The van der Waals surface area contributed by atoms with E-state index >= 15 is 0 Å². The minimum Gasteiger partial charge on any atom is -0.322 e. The second kappa shape index (κ2) is 6.36. The molecular weight excluding hydrogens is 337 g/mol. The monoisotopic (exact) mass is 355 g/mol. The van der Waals surface area contributed by atoms with Gasteiger partial charge in [-0.25, -0.2) is 9.07 Å². The maximum Gasteiger partial charge on any atom is 0.291 e. The van der Waals surface area contributed by atoms with Gasteiger partial charge in [0.15, 0.2) is 5.82 Å². The summed E-state index contributed by atoms with van der Waals surface area (Å²) in [4.78, 5) is 28.6. The molecule has 0 aliphatic heterocycles. The summed E-state index contributed by atoms with van der Waals surface area (Å²) < 4.78 is 16.6. The van der Waals surface area contributed by atoms with Crippen LogP contribution in [-0.2, 0) is 17.8 Å². The molecule has 0 radical (unpaired) electrons. The lowest BCUT2D eigenvalue weighted by atomic mass is 10.2. The number of carbonyl (C=O) groups excluding carboxylic acids is 1. The Hall–Kier alpha value is -3.03. The van der Waals surface area contributed by atoms with Crippen molar-refractivity contribution in [3.63, 3.8) is 0 Å². The Morgan fingerprint density at radius 2 is 2.23 bits per heavy atom. The van der Waals surface area contributed by atoms with E-state index < -0.39 is 11.7 Å². The first-order valence-electron chi connectivity index (χ1n) is 8.58. The van der Waals surface area contributed by atoms with Gasteiger partial charge in [0.25, 0.3) is 5.56 Å². The molecule has 134 valence electrons. The molecule has 0 bridgehead atoms. The fourth-order valence-electron chi connectivity index (χ4n) is 3.02. The predicted octanol–water partition coefficient (Wildman–Crippen LogP) is 2.11. The van der Waals surface area contributed by atoms with Gasteiger partial charge < -0.3 is 5.32 Å². The van der Waals surface area contributed by atoms with Gasteiger partial charge in [-0.3, -0.25) is 19.0 Å². The van der Waals surface area contributed by atoms with Crippen LogP contribution in [0.15, 0.2) is 35.5 Å². The molecular formula is C18H18FN5O2. The van der Waals surface area contributed by atoms with Crippen LogP contribution >= 0.6 is 0 Å². The molecule has 8 heteroatoms. The molecule has 1 amide bonds. The van der Waals surface area contributed by atoms with Crippen LogP contribution in [0.4, 0.5) is 10.1 Å². The molecule has 0 unspecified atom stereocenters. The number of carbonyl (C=O) groups is 1. The lowest BCUT2D eigenvalue weighted by Gasteiger charge is -2.10. The summed E-state index contributed by atoms with van der Waals surface area (Å²) in [5.74, 6) is 0.0661. The zero-order valence-corrected chi connectivity index (χ0v) is 14.3. The van der Waals surface area contributed by atoms with Crippen LogP contribution in [0.1, 0.15) is 37.1 Å². The number of nitrogens with zero attached hydrogens (tertiary/aromatic N) is 4. The number of pyridine rings is 1. The van der Waals surface area contributed by atoms with Gasteiger partial charge in [0, 0.05) is 18.8 Å². The lowest BCUT2D eigenvalue weighted by Crippen LogP contribution is -2.32. The van der Waals surface area contributed by atoms with Crippen LogP contribution < -0.4 is 10.9 Å². The molecule has 26 heavy (non-hydrogen) atoms. The number of aromatic nitrogens is 4. The quantitative estimate of drug-likeness (QED) is 0.760. The highest BCUT2D eigenvalue weighted by molar-refractivity contribution is 5.90. The number of rotatable bonds is 5. The van der Waals surface area contributed by atoms with E-state index in [0.29, 0.717) is 23.7 Å². The number of amides is 1. The van der Waals surface area contributed by atoms with E-state index in [2.05, 4.69) is 15.4 Å². The largest absolute Gasteiger partial charge is 0.322 e. The standard InChI is InChI=1S/C18H18FN5O2/c1-2-16-22-24(10-17(25)21-14-5-6-20-8-13(14)19)18(26)15-7-12(9-23(15)16)11-3-4-11/h5-9,11H,2-4,10H2,1H3,(H,20,21,25). The molecule has 0 aromatic carbocycles. The Balaban J connectivity index is 1.65. The van der Waals surface area contributed by atoms with Crippen LogP contribution in [0.2, 0.25) is 0 Å². The van der Waals surface area contributed by atoms with E-state index in [-0.39, 0.29) is 17.8 Å². The van der Waals surface area contributed by atoms with Gasteiger partial charge >= 0.3 is 0 Å². The lowest BCUT2D eigenvalue weighted by molar-refractivity contribution is -0.117. The van der Waals surface area contributed by atoms with Crippen molar-refractivity contribution in [2.75, 3.05) is 5.32 Å². The molecule has 0 spiro atoms. The maximum absolute atomic E-state index is 13.6. The Morgan fingerprint density at radius 3 is 2.92 bits per heavy atom. The summed E-state index contributed by atoms with van der Waals surface area (Å²) in [5, 5.41) is 6.76. The molecule has 1 N–H and O–H groups in total. The molecule has 3 aromatic rings. The van der Waals surface area contributed by atoms with E-state index in [9.17, 15) is 14.0 Å². The third kappa shape index (κ3) is 2.98. The molecule has 1 aliphatic rings. The zero-order valence-electron chi connectivity index (χ0n) is 14.3. The van der Waals surface area contributed by atoms with Gasteiger partial charge in [0.05, 0.1) is 11.9 Å². The fourth-order valence-corrected chi connectivity index (χ4v) is 3.02. The minimum absolute atomic E-state index is 0.0218. The first-order chi connectivity index (χ1) is 12.6. The summed E-state index contributed by atoms with van der Waals surface area (Å²) in [6.45, 7) is 1.66. The van der Waals surface area contributed by atoms with Crippen LogP contribution in [0.5, 0.6) is 0 Å². The average molecular weight is 355 g/mol. The first kappa shape index (κ1) is 16.4. The van der Waals surface area contributed by atoms with E-state index in [1.165, 1.54) is 12.3 Å². The smallest absolute Gasteiger partial charge is 0.291 e. The highest BCUT2D eigenvalue weighted by Gasteiger charge is 2.26. The van der Waals surface area contributed by atoms with Crippen molar-refractivity contribution >= 4 is 17.1 Å². The number of aryl methyl sites for hydroxylation is 1. The third-order valence-electron chi connectivity index (χ3n) is 4.51. The SMILES string of the molecule is CCc1nn(CC(=O)Nc2ccncc2F)c(=O)c2cc(C3CC3)cn12. The van der Waals surface area contributed by atoms with Gasteiger partial charge in [0.2, 0.25) is 5.91 Å². The fraction of sp³-hybridized carbons (Fsp3) is 0.333. The maximum atomic E-state index is 13.6. The van der Waals surface area contributed by atoms with Gasteiger partial charge in [-0.2, -0.15) is 5.10 Å². The Morgan fingerprint density at radius 1 is 1.42 bits per heavy atom. The molecule has 3 aromatic heterocycles. The molecule has 0 atom stereocenters. The van der Waals surface area contributed by atoms with Crippen molar-refractivity contribution in [2.24, 2.45) is 0 Å². The van der Waals surface area contributed by atoms with Crippen molar-refractivity contribution in [1.29, 1.82) is 0 Å². The van der Waals surface area contributed by atoms with Crippen LogP contribution in [0.25, 0.3) is 5.52 Å². The average Bonchev–Trinajstić information content (AvgIpc) is 3.38. The Labute approximate surface area is 148 Å². The summed E-state index contributed by atoms with van der Waals surface area (Å²) >= 11 is 0. The topological polar surface area (TPSA) is 81.3 Å². The molecule has 1 fully saturated rings. The summed E-state index contributed by atoms with van der Waals surface area (Å²) in [6, 6.07) is 3.25. The van der Waals surface area contributed by atoms with Crippen molar-refractivity contribution in [1.82, 2.24) is 19.2 Å². The predicted molar refractivity (Wildman–Crippen MR) is 93.6 cm³/mol. The molecule has 4 rings (SSSR count). The molecule has 1 aliphatic carbocycles. The highest BCUT2D eigenvalue weighted by atomic mass is 19.1. The summed E-state index contributed by atoms with van der Waals surface area (Å²) in [7, 11) is 0. The molecule has 1 saturated carbocycles. The van der Waals surface area contributed by atoms with E-state index in [0.717, 1.165) is 29.3 Å². The molecule has 7 nitrogen and oxygen atoms in total. The Bertz CT molecular complexity index is 1050. The second-order valence-corrected chi connectivity index (χ2v) is 6.44. The molecule has 0 saturated heterocycles. The number of halogens is 1. The second-order valence-electron chi connectivity index (χ2n) is 6.44. The van der Waals surface area contributed by atoms with Gasteiger partial charge in [-0.1, -0.05) is 6.92 Å². The summed E-state index contributed by atoms with van der Waals surface area (Å²) in [6.07, 6.45) is 7.26. The number of hydrogen-bond donors (Lipinski definition) is 1.